The van der Waals surface area contributed by atoms with Crippen molar-refractivity contribution in [3.05, 3.63) is 41.7 Å². The zero-order valence-electron chi connectivity index (χ0n) is 31.2. The van der Waals surface area contributed by atoms with Crippen molar-refractivity contribution >= 4 is 39.5 Å². The predicted molar refractivity (Wildman–Crippen MR) is 201 cm³/mol. The van der Waals surface area contributed by atoms with Crippen LogP contribution in [0.3, 0.4) is 0 Å². The molecule has 16 heteroatoms. The van der Waals surface area contributed by atoms with E-state index in [1.807, 2.05) is 13.1 Å². The molecule has 0 spiro atoms. The van der Waals surface area contributed by atoms with E-state index in [0.717, 1.165) is 50.6 Å². The third-order valence-corrected chi connectivity index (χ3v) is 12.7. The maximum absolute atomic E-state index is 14.1. The summed E-state index contributed by atoms with van der Waals surface area (Å²) in [7, 11) is -3.80. The number of sulfonamides is 1. The Hall–Kier alpha value is -4.34. The molecule has 6 rings (SSSR count). The Morgan fingerprint density at radius 2 is 1.74 bits per heavy atom. The number of fused-ring (bicyclic) bond motifs is 1. The summed E-state index contributed by atoms with van der Waals surface area (Å²) in [6.07, 6.45) is 16.4. The van der Waals surface area contributed by atoms with E-state index in [-0.39, 0.29) is 35.5 Å². The van der Waals surface area contributed by atoms with Crippen molar-refractivity contribution in [1.29, 1.82) is 0 Å². The summed E-state index contributed by atoms with van der Waals surface area (Å²) in [5.41, 5.74) is 6.18. The van der Waals surface area contributed by atoms with Crippen LogP contribution >= 0.6 is 0 Å². The molecule has 3 saturated carbocycles. The van der Waals surface area contributed by atoms with Crippen LogP contribution in [0, 0.1) is 11.8 Å². The fourth-order valence-corrected chi connectivity index (χ4v) is 9.47. The van der Waals surface area contributed by atoms with Crippen molar-refractivity contribution < 1.29 is 27.6 Å². The van der Waals surface area contributed by atoms with Crippen LogP contribution in [0.5, 0.6) is 0 Å². The molecule has 2 heterocycles. The van der Waals surface area contributed by atoms with Gasteiger partial charge in [0.05, 0.1) is 10.6 Å². The lowest BCUT2D eigenvalue weighted by Crippen LogP contribution is -2.57. The van der Waals surface area contributed by atoms with Gasteiger partial charge in [-0.05, 0) is 62.5 Å². The number of hydrogen-bond donors (Lipinski definition) is 5. The molecular weight excluding hydrogens is 711 g/mol. The number of benzene rings is 1. The topological polar surface area (TPSA) is 220 Å². The highest BCUT2D eigenvalue weighted by atomic mass is 32.2. The molecule has 0 bridgehead atoms. The number of hydrogen-bond acceptors (Lipinski definition) is 9. The largest absolute Gasteiger partial charge is 0.368 e. The summed E-state index contributed by atoms with van der Waals surface area (Å²) in [5, 5.41) is 17.5. The highest BCUT2D eigenvalue weighted by Crippen LogP contribution is 2.41. The minimum absolute atomic E-state index is 0.0511. The van der Waals surface area contributed by atoms with Gasteiger partial charge in [-0.1, -0.05) is 88.5 Å². The Morgan fingerprint density at radius 1 is 1.02 bits per heavy atom. The van der Waals surface area contributed by atoms with Gasteiger partial charge in [0.25, 0.3) is 10.0 Å². The third-order valence-electron chi connectivity index (χ3n) is 11.3. The minimum Gasteiger partial charge on any atom is -0.368 e. The van der Waals surface area contributed by atoms with E-state index in [1.165, 1.54) is 38.2 Å². The Balaban J connectivity index is 1.09. The monoisotopic (exact) mass is 765 g/mol. The van der Waals surface area contributed by atoms with E-state index in [2.05, 4.69) is 36.0 Å². The number of unbranched alkanes of at least 4 members (excludes halogenated alkanes) is 1. The van der Waals surface area contributed by atoms with Crippen LogP contribution in [0.25, 0.3) is 0 Å². The lowest BCUT2D eigenvalue weighted by Gasteiger charge is -2.39. The number of aromatic nitrogens is 3. The quantitative estimate of drug-likeness (QED) is 0.161. The summed E-state index contributed by atoms with van der Waals surface area (Å²) in [6.45, 7) is 1.68. The van der Waals surface area contributed by atoms with E-state index in [1.54, 1.807) is 22.9 Å². The number of primary amides is 1. The molecule has 1 aromatic heterocycles. The van der Waals surface area contributed by atoms with Crippen LogP contribution in [0.2, 0.25) is 0 Å². The van der Waals surface area contributed by atoms with E-state index in [0.29, 0.717) is 37.2 Å². The molecule has 1 aliphatic heterocycles. The number of carbonyl (C=O) groups is 4. The van der Waals surface area contributed by atoms with Crippen LogP contribution in [0.1, 0.15) is 127 Å². The van der Waals surface area contributed by atoms with Crippen LogP contribution in [0.15, 0.2) is 40.4 Å². The number of amides is 4. The van der Waals surface area contributed by atoms with Gasteiger partial charge in [0.15, 0.2) is 0 Å². The smallest absolute Gasteiger partial charge is 0.263 e. The van der Waals surface area contributed by atoms with Gasteiger partial charge < -0.3 is 21.7 Å². The molecule has 4 aliphatic rings. The van der Waals surface area contributed by atoms with Gasteiger partial charge in [0, 0.05) is 30.3 Å². The number of nitrogens with zero attached hydrogens (tertiary/aromatic N) is 4. The number of amidine groups is 1. The van der Waals surface area contributed by atoms with Gasteiger partial charge in [0.1, 0.15) is 24.0 Å². The van der Waals surface area contributed by atoms with Crippen molar-refractivity contribution in [3.63, 3.8) is 0 Å². The summed E-state index contributed by atoms with van der Waals surface area (Å²) >= 11 is 0. The van der Waals surface area contributed by atoms with Gasteiger partial charge in [-0.3, -0.25) is 28.9 Å². The molecule has 1 aromatic carbocycles. The Morgan fingerprint density at radius 3 is 2.44 bits per heavy atom. The fourth-order valence-electron chi connectivity index (χ4n) is 8.24. The summed E-state index contributed by atoms with van der Waals surface area (Å²) in [4.78, 5) is 58.2. The van der Waals surface area contributed by atoms with Crippen LogP contribution in [-0.2, 0) is 35.6 Å². The molecule has 3 aliphatic carbocycles. The normalized spacial score (nSPS) is 21.6. The van der Waals surface area contributed by atoms with Crippen molar-refractivity contribution in [2.75, 3.05) is 6.54 Å². The highest BCUT2D eigenvalue weighted by molar-refractivity contribution is 7.90. The van der Waals surface area contributed by atoms with Gasteiger partial charge in [0.2, 0.25) is 23.6 Å². The zero-order chi connectivity index (χ0) is 38.3. The molecule has 294 valence electrons. The van der Waals surface area contributed by atoms with Crippen LogP contribution in [0.4, 0.5) is 0 Å². The summed E-state index contributed by atoms with van der Waals surface area (Å²) in [6, 6.07) is 3.71. The number of carbonyl (C=O) groups excluding carboxylic acids is 4. The maximum atomic E-state index is 14.1. The first-order valence-electron chi connectivity index (χ1n) is 19.8. The van der Waals surface area contributed by atoms with Crippen molar-refractivity contribution in [2.45, 2.75) is 145 Å². The van der Waals surface area contributed by atoms with Gasteiger partial charge in [-0.2, -0.15) is 0 Å². The SMILES string of the molecule is CCCCC(N=C1NS(=O)(=O)c2ccccc21)C(=O)NCC(NC(=O)CC1(NC(=O)C(C2CC2)n2cc(CC3CCCCC3)nn2)CCCCC1)C(N)=O. The first-order chi connectivity index (χ1) is 26.0. The zero-order valence-corrected chi connectivity index (χ0v) is 32.0. The standard InChI is InChI=1S/C38H55N9O6S/c1-2-3-15-29(42-35-28-14-8-9-16-31(28)54(52,53)45-35)36(50)40-23-30(34(39)49)41-32(48)22-38(19-10-5-11-20-38)43-37(51)33(26-17-18-26)47-24-27(44-46-47)21-25-12-6-4-7-13-25/h8-9,14,16,24-26,29-30,33H,2-7,10-13,15,17-23H2,1H3,(H2,39,49)(H,40,50)(H,41,48)(H,42,45)(H,43,51). The second kappa shape index (κ2) is 17.4. The van der Waals surface area contributed by atoms with Gasteiger partial charge in [-0.15, -0.1) is 5.10 Å². The van der Waals surface area contributed by atoms with Crippen molar-refractivity contribution in [2.24, 2.45) is 22.6 Å². The first kappa shape index (κ1) is 39.4. The van der Waals surface area contributed by atoms with E-state index < -0.39 is 51.4 Å². The molecule has 4 amide bonds. The van der Waals surface area contributed by atoms with Gasteiger partial charge >= 0.3 is 0 Å². The predicted octanol–water partition coefficient (Wildman–Crippen LogP) is 2.95. The average molecular weight is 766 g/mol. The molecule has 3 unspecified atom stereocenters. The second-order valence-corrected chi connectivity index (χ2v) is 17.3. The highest BCUT2D eigenvalue weighted by Gasteiger charge is 2.43. The van der Waals surface area contributed by atoms with E-state index in [4.69, 9.17) is 5.73 Å². The third kappa shape index (κ3) is 9.85. The van der Waals surface area contributed by atoms with Crippen molar-refractivity contribution in [3.8, 4) is 0 Å². The lowest BCUT2D eigenvalue weighted by atomic mass is 9.78. The first-order valence-corrected chi connectivity index (χ1v) is 21.2. The molecule has 3 fully saturated rings. The Bertz CT molecular complexity index is 1810. The Labute approximate surface area is 317 Å². The number of rotatable bonds is 17. The number of nitrogens with two attached hydrogens (primary N) is 1. The molecule has 54 heavy (non-hydrogen) atoms. The average Bonchev–Trinajstić information content (AvgIpc) is 3.82. The maximum Gasteiger partial charge on any atom is 0.263 e. The molecule has 3 atom stereocenters. The van der Waals surface area contributed by atoms with Gasteiger partial charge in [-0.25, -0.2) is 13.1 Å². The summed E-state index contributed by atoms with van der Waals surface area (Å²) < 4.78 is 29.4. The van der Waals surface area contributed by atoms with E-state index >= 15 is 0 Å². The Kier molecular flexibility index (Phi) is 12.7. The minimum atomic E-state index is -3.80. The summed E-state index contributed by atoms with van der Waals surface area (Å²) in [5.74, 6) is -1.17. The fraction of sp³-hybridized carbons (Fsp3) is 0.658. The number of nitrogens with one attached hydrogen (secondary N) is 4. The molecule has 0 radical (unpaired) electrons. The molecule has 15 nitrogen and oxygen atoms in total. The van der Waals surface area contributed by atoms with E-state index in [9.17, 15) is 27.6 Å². The molecule has 2 aromatic rings. The lowest BCUT2D eigenvalue weighted by molar-refractivity contribution is -0.132. The van der Waals surface area contributed by atoms with Crippen molar-refractivity contribution in [1.82, 2.24) is 35.7 Å². The van der Waals surface area contributed by atoms with Crippen LogP contribution in [-0.4, -0.2) is 77.0 Å². The molecule has 0 saturated heterocycles. The van der Waals surface area contributed by atoms with Crippen LogP contribution < -0.4 is 26.4 Å². The number of aliphatic imine (C=N–C) groups is 1. The second-order valence-electron chi connectivity index (χ2n) is 15.7. The molecular formula is C38H55N9O6S. The molecule has 6 N–H and O–H groups in total.